The van der Waals surface area contributed by atoms with E-state index in [1.165, 1.54) is 0 Å². The first-order valence-corrected chi connectivity index (χ1v) is 6.65. The molecule has 0 amide bonds. The molecule has 1 aromatic rings. The van der Waals surface area contributed by atoms with E-state index in [9.17, 15) is 13.2 Å². The molecule has 0 unspecified atom stereocenters. The van der Waals surface area contributed by atoms with E-state index in [-0.39, 0.29) is 5.78 Å². The predicted molar refractivity (Wildman–Crippen MR) is 59.0 cm³/mol. The minimum absolute atomic E-state index is 0.369. The van der Waals surface area contributed by atoms with E-state index in [1.54, 1.807) is 0 Å². The lowest BCUT2D eigenvalue weighted by atomic mass is 10.1. The van der Waals surface area contributed by atoms with Crippen molar-refractivity contribution in [2.75, 3.05) is 12.0 Å². The van der Waals surface area contributed by atoms with Gasteiger partial charge in [0.2, 0.25) is 0 Å². The molecule has 84 valence electrons. The molecule has 0 saturated carbocycles. The molecule has 1 aromatic heterocycles. The van der Waals surface area contributed by atoms with Crippen LogP contribution in [0.4, 0.5) is 0 Å². The second-order valence-corrected chi connectivity index (χ2v) is 6.01. The summed E-state index contributed by atoms with van der Waals surface area (Å²) >= 11 is 0. The fourth-order valence-electron chi connectivity index (χ4n) is 1.43. The van der Waals surface area contributed by atoms with Crippen molar-refractivity contribution in [1.82, 2.24) is 4.98 Å². The van der Waals surface area contributed by atoms with Gasteiger partial charge >= 0.3 is 0 Å². The van der Waals surface area contributed by atoms with E-state index in [1.807, 2.05) is 20.8 Å². The summed E-state index contributed by atoms with van der Waals surface area (Å²) < 4.78 is 22.0. The van der Waals surface area contributed by atoms with Gasteiger partial charge in [0.15, 0.2) is 15.6 Å². The van der Waals surface area contributed by atoms with Crippen LogP contribution in [0.25, 0.3) is 0 Å². The van der Waals surface area contributed by atoms with E-state index in [0.29, 0.717) is 5.69 Å². The molecule has 0 spiro atoms. The molecule has 1 N–H and O–H groups in total. The molecule has 0 aromatic carbocycles. The summed E-state index contributed by atoms with van der Waals surface area (Å²) in [6.07, 6.45) is 1.06. The van der Waals surface area contributed by atoms with Crippen molar-refractivity contribution in [2.24, 2.45) is 0 Å². The molecule has 0 aliphatic rings. The molecule has 0 bridgehead atoms. The maximum absolute atomic E-state index is 11.6. The summed E-state index contributed by atoms with van der Waals surface area (Å²) in [5, 5.41) is 0. The fraction of sp³-hybridized carbons (Fsp3) is 0.500. The predicted octanol–water partition coefficient (Wildman–Crippen LogP) is 1.17. The van der Waals surface area contributed by atoms with Crippen molar-refractivity contribution in [3.63, 3.8) is 0 Å². The zero-order valence-corrected chi connectivity index (χ0v) is 10.2. The lowest BCUT2D eigenvalue weighted by Crippen LogP contribution is -2.15. The van der Waals surface area contributed by atoms with Crippen LogP contribution in [0.5, 0.6) is 0 Å². The van der Waals surface area contributed by atoms with Gasteiger partial charge in [-0.1, -0.05) is 0 Å². The Morgan fingerprint density at radius 2 is 1.73 bits per heavy atom. The summed E-state index contributed by atoms with van der Waals surface area (Å²) in [4.78, 5) is 14.6. The van der Waals surface area contributed by atoms with Crippen LogP contribution in [0.3, 0.4) is 0 Å². The van der Waals surface area contributed by atoms with Crippen molar-refractivity contribution < 1.29 is 13.2 Å². The molecule has 1 rings (SSSR count). The number of hydrogen-bond acceptors (Lipinski definition) is 3. The van der Waals surface area contributed by atoms with Gasteiger partial charge in [-0.05, 0) is 31.9 Å². The Morgan fingerprint density at radius 1 is 1.20 bits per heavy atom. The van der Waals surface area contributed by atoms with Crippen LogP contribution in [0.15, 0.2) is 0 Å². The highest BCUT2D eigenvalue weighted by molar-refractivity contribution is 7.91. The van der Waals surface area contributed by atoms with Crippen LogP contribution < -0.4 is 0 Å². The number of Topliss-reactive ketones (excluding diaryl/α,β-unsaturated/α-hetero) is 1. The van der Waals surface area contributed by atoms with Crippen LogP contribution in [0.1, 0.15) is 27.3 Å². The number of hydrogen-bond donors (Lipinski definition) is 1. The average Bonchev–Trinajstić information content (AvgIpc) is 2.30. The number of sulfone groups is 1. The molecular weight excluding hydrogens is 214 g/mol. The largest absolute Gasteiger partial charge is 0.356 e. The normalized spacial score (nSPS) is 11.7. The van der Waals surface area contributed by atoms with Gasteiger partial charge in [-0.15, -0.1) is 0 Å². The summed E-state index contributed by atoms with van der Waals surface area (Å²) in [6.45, 7) is 5.58. The number of nitrogens with one attached hydrogen (secondary N) is 1. The van der Waals surface area contributed by atoms with Gasteiger partial charge in [-0.3, -0.25) is 4.79 Å². The first-order chi connectivity index (χ1) is 6.72. The van der Waals surface area contributed by atoms with Gasteiger partial charge in [0.1, 0.15) is 5.75 Å². The first kappa shape index (κ1) is 12.0. The molecule has 0 aliphatic carbocycles. The maximum Gasteiger partial charge on any atom is 0.194 e. The number of rotatable bonds is 3. The number of aromatic nitrogens is 1. The highest BCUT2D eigenvalue weighted by Gasteiger charge is 2.18. The molecule has 0 aliphatic heterocycles. The number of carbonyl (C=O) groups excluding carboxylic acids is 1. The smallest absolute Gasteiger partial charge is 0.194 e. The third-order valence-corrected chi connectivity index (χ3v) is 3.27. The van der Waals surface area contributed by atoms with Crippen molar-refractivity contribution in [3.05, 3.63) is 22.5 Å². The zero-order chi connectivity index (χ0) is 11.8. The third kappa shape index (κ3) is 2.68. The third-order valence-electron chi connectivity index (χ3n) is 2.48. The van der Waals surface area contributed by atoms with E-state index >= 15 is 0 Å². The first-order valence-electron chi connectivity index (χ1n) is 4.59. The van der Waals surface area contributed by atoms with Gasteiger partial charge < -0.3 is 4.98 Å². The summed E-state index contributed by atoms with van der Waals surface area (Å²) in [5.41, 5.74) is 3.16. The highest BCUT2D eigenvalue weighted by Crippen LogP contribution is 2.17. The van der Waals surface area contributed by atoms with E-state index in [0.717, 1.165) is 23.1 Å². The quantitative estimate of drug-likeness (QED) is 0.791. The van der Waals surface area contributed by atoms with Gasteiger partial charge in [0, 0.05) is 11.9 Å². The van der Waals surface area contributed by atoms with E-state index in [4.69, 9.17) is 0 Å². The van der Waals surface area contributed by atoms with Crippen LogP contribution in [-0.2, 0) is 9.84 Å². The number of carbonyl (C=O) groups is 1. The van der Waals surface area contributed by atoms with Gasteiger partial charge in [-0.25, -0.2) is 8.42 Å². The van der Waals surface area contributed by atoms with Crippen LogP contribution in [0.2, 0.25) is 0 Å². The fourth-order valence-corrected chi connectivity index (χ4v) is 2.05. The highest BCUT2D eigenvalue weighted by atomic mass is 32.2. The summed E-state index contributed by atoms with van der Waals surface area (Å²) in [6, 6.07) is 0. The van der Waals surface area contributed by atoms with Crippen LogP contribution >= 0.6 is 0 Å². The van der Waals surface area contributed by atoms with Crippen molar-refractivity contribution in [1.29, 1.82) is 0 Å². The summed E-state index contributed by atoms with van der Waals surface area (Å²) in [7, 11) is -3.26. The number of ketones is 1. The maximum atomic E-state index is 11.6. The van der Waals surface area contributed by atoms with Crippen molar-refractivity contribution in [3.8, 4) is 0 Å². The van der Waals surface area contributed by atoms with Gasteiger partial charge in [0.25, 0.3) is 0 Å². The minimum atomic E-state index is -3.26. The summed E-state index contributed by atoms with van der Waals surface area (Å²) in [5.74, 6) is -0.807. The zero-order valence-electron chi connectivity index (χ0n) is 9.34. The number of H-pyrrole nitrogens is 1. The Hall–Kier alpha value is -1.10. The molecule has 0 atom stereocenters. The molecule has 0 fully saturated rings. The second-order valence-electron chi connectivity index (χ2n) is 3.87. The molecule has 0 saturated heterocycles. The Morgan fingerprint density at radius 3 is 2.07 bits per heavy atom. The SMILES string of the molecule is Cc1[nH]c(C(=O)CS(C)(=O)=O)c(C)c1C. The Labute approximate surface area is 89.6 Å². The lowest BCUT2D eigenvalue weighted by molar-refractivity contribution is 0.101. The Balaban J connectivity index is 3.08. The Kier molecular flexibility index (Phi) is 3.04. The van der Waals surface area contributed by atoms with Gasteiger partial charge in [0.05, 0.1) is 5.69 Å². The van der Waals surface area contributed by atoms with E-state index < -0.39 is 15.6 Å². The van der Waals surface area contributed by atoms with Crippen molar-refractivity contribution in [2.45, 2.75) is 20.8 Å². The lowest BCUT2D eigenvalue weighted by Gasteiger charge is -1.98. The monoisotopic (exact) mass is 229 g/mol. The average molecular weight is 229 g/mol. The molecule has 1 heterocycles. The topological polar surface area (TPSA) is 67.0 Å². The van der Waals surface area contributed by atoms with Crippen LogP contribution in [0, 0.1) is 20.8 Å². The number of aryl methyl sites for hydroxylation is 1. The van der Waals surface area contributed by atoms with E-state index in [2.05, 4.69) is 4.98 Å². The van der Waals surface area contributed by atoms with Crippen LogP contribution in [-0.4, -0.2) is 31.2 Å². The van der Waals surface area contributed by atoms with Crippen molar-refractivity contribution >= 4 is 15.6 Å². The second kappa shape index (κ2) is 3.81. The molecule has 4 nitrogen and oxygen atoms in total. The Bertz CT molecular complexity index is 497. The minimum Gasteiger partial charge on any atom is -0.356 e. The molecule has 15 heavy (non-hydrogen) atoms. The standard InChI is InChI=1S/C10H15NO3S/c1-6-7(2)10(11-8(6)3)9(12)5-15(4,13)14/h11H,5H2,1-4H3. The van der Waals surface area contributed by atoms with Gasteiger partial charge in [-0.2, -0.15) is 0 Å². The molecule has 5 heteroatoms. The molecular formula is C10H15NO3S. The number of aromatic amines is 1. The molecule has 0 radical (unpaired) electrons.